The van der Waals surface area contributed by atoms with E-state index < -0.39 is 0 Å². The van der Waals surface area contributed by atoms with E-state index in [2.05, 4.69) is 11.1 Å². The summed E-state index contributed by atoms with van der Waals surface area (Å²) in [6, 6.07) is 14.7. The highest BCUT2D eigenvalue weighted by Crippen LogP contribution is 2.34. The van der Waals surface area contributed by atoms with E-state index in [-0.39, 0.29) is 5.91 Å². The van der Waals surface area contributed by atoms with E-state index >= 15 is 0 Å². The molecule has 0 N–H and O–H groups in total. The Bertz CT molecular complexity index is 1180. The summed E-state index contributed by atoms with van der Waals surface area (Å²) in [7, 11) is 0. The number of carbonyl (C=O) groups excluding carboxylic acids is 1. The molecule has 2 heterocycles. The highest BCUT2D eigenvalue weighted by atomic mass is 35.5. The standard InChI is InChI=1S/C21H15Cl2N3OS2/c1-28-15-5-7-18-19(10-15)29-21(25-18)26(12-13-3-2-8-24-11-13)20(27)16-6-4-14(22)9-17(16)23/h2-11H,12H2,1H3. The zero-order valence-electron chi connectivity index (χ0n) is 15.3. The average molecular weight is 460 g/mol. The molecule has 2 aromatic carbocycles. The van der Waals surface area contributed by atoms with Crippen molar-refractivity contribution >= 4 is 67.6 Å². The Hall–Kier alpha value is -2.12. The SMILES string of the molecule is CSc1ccc2nc(N(Cc3cccnc3)C(=O)c3ccc(Cl)cc3Cl)sc2c1. The van der Waals surface area contributed by atoms with Crippen LogP contribution in [0.2, 0.25) is 10.0 Å². The van der Waals surface area contributed by atoms with Gasteiger partial charge in [-0.25, -0.2) is 4.98 Å². The molecule has 0 saturated heterocycles. The molecule has 0 atom stereocenters. The fourth-order valence-electron chi connectivity index (χ4n) is 2.84. The second-order valence-electron chi connectivity index (χ2n) is 6.21. The van der Waals surface area contributed by atoms with Crippen molar-refractivity contribution in [2.75, 3.05) is 11.2 Å². The maximum atomic E-state index is 13.4. The topological polar surface area (TPSA) is 46.1 Å². The van der Waals surface area contributed by atoms with Crippen molar-refractivity contribution in [1.82, 2.24) is 9.97 Å². The Labute approximate surface area is 186 Å². The number of rotatable bonds is 5. The van der Waals surface area contributed by atoms with Crippen molar-refractivity contribution in [3.05, 3.63) is 82.1 Å². The molecule has 1 amide bonds. The number of anilines is 1. The third kappa shape index (κ3) is 4.41. The average Bonchev–Trinajstić information content (AvgIpc) is 3.15. The van der Waals surface area contributed by atoms with Gasteiger partial charge in [-0.15, -0.1) is 11.8 Å². The van der Waals surface area contributed by atoms with Crippen LogP contribution in [0.4, 0.5) is 5.13 Å². The Morgan fingerprint density at radius 1 is 1.17 bits per heavy atom. The maximum Gasteiger partial charge on any atom is 0.261 e. The molecule has 4 aromatic rings. The molecule has 0 bridgehead atoms. The number of pyridine rings is 1. The zero-order chi connectivity index (χ0) is 20.4. The van der Waals surface area contributed by atoms with Crippen molar-refractivity contribution < 1.29 is 4.79 Å². The minimum Gasteiger partial charge on any atom is -0.279 e. The van der Waals surface area contributed by atoms with Crippen molar-refractivity contribution in [3.63, 3.8) is 0 Å². The van der Waals surface area contributed by atoms with Gasteiger partial charge in [0, 0.05) is 22.3 Å². The van der Waals surface area contributed by atoms with Gasteiger partial charge in [0.25, 0.3) is 5.91 Å². The molecule has 0 saturated carbocycles. The molecule has 0 unspecified atom stereocenters. The summed E-state index contributed by atoms with van der Waals surface area (Å²) in [6.45, 7) is 0.334. The highest BCUT2D eigenvalue weighted by Gasteiger charge is 2.24. The molecule has 2 aromatic heterocycles. The summed E-state index contributed by atoms with van der Waals surface area (Å²) in [5.74, 6) is -0.236. The Kier molecular flexibility index (Phi) is 6.06. The molecular weight excluding hydrogens is 445 g/mol. The fraction of sp³-hybridized carbons (Fsp3) is 0.0952. The van der Waals surface area contributed by atoms with E-state index in [0.29, 0.717) is 27.3 Å². The van der Waals surface area contributed by atoms with Crippen molar-refractivity contribution in [3.8, 4) is 0 Å². The molecule has 0 spiro atoms. The molecule has 4 rings (SSSR count). The van der Waals surface area contributed by atoms with E-state index in [0.717, 1.165) is 20.7 Å². The predicted octanol–water partition coefficient (Wildman–Crippen LogP) is 6.57. The van der Waals surface area contributed by atoms with Crippen LogP contribution >= 0.6 is 46.3 Å². The van der Waals surface area contributed by atoms with Crippen LogP contribution in [-0.2, 0) is 6.54 Å². The smallest absolute Gasteiger partial charge is 0.261 e. The summed E-state index contributed by atoms with van der Waals surface area (Å²) >= 11 is 15.5. The van der Waals surface area contributed by atoms with Gasteiger partial charge in [-0.3, -0.25) is 14.7 Å². The Balaban J connectivity index is 1.78. The number of hydrogen-bond donors (Lipinski definition) is 0. The van der Waals surface area contributed by atoms with Crippen LogP contribution in [-0.4, -0.2) is 22.1 Å². The summed E-state index contributed by atoms with van der Waals surface area (Å²) in [5.41, 5.74) is 2.13. The first kappa shape index (κ1) is 20.2. The summed E-state index contributed by atoms with van der Waals surface area (Å²) in [4.78, 5) is 25.1. The molecule has 146 valence electrons. The lowest BCUT2D eigenvalue weighted by Crippen LogP contribution is -2.30. The van der Waals surface area contributed by atoms with Crippen molar-refractivity contribution in [1.29, 1.82) is 0 Å². The van der Waals surface area contributed by atoms with Gasteiger partial charge in [0.1, 0.15) is 0 Å². The third-order valence-corrected chi connectivity index (χ3v) is 6.60. The van der Waals surface area contributed by atoms with Gasteiger partial charge in [-0.2, -0.15) is 0 Å². The number of aromatic nitrogens is 2. The normalized spacial score (nSPS) is 11.0. The lowest BCUT2D eigenvalue weighted by atomic mass is 10.2. The lowest BCUT2D eigenvalue weighted by Gasteiger charge is -2.20. The lowest BCUT2D eigenvalue weighted by molar-refractivity contribution is 0.0985. The highest BCUT2D eigenvalue weighted by molar-refractivity contribution is 7.98. The minimum absolute atomic E-state index is 0.236. The van der Waals surface area contributed by atoms with Gasteiger partial charge >= 0.3 is 0 Å². The molecule has 8 heteroatoms. The van der Waals surface area contributed by atoms with Crippen molar-refractivity contribution in [2.24, 2.45) is 0 Å². The molecule has 29 heavy (non-hydrogen) atoms. The monoisotopic (exact) mass is 459 g/mol. The first-order valence-corrected chi connectivity index (χ1v) is 11.5. The number of hydrogen-bond acceptors (Lipinski definition) is 5. The summed E-state index contributed by atoms with van der Waals surface area (Å²) in [6.07, 6.45) is 5.47. The van der Waals surface area contributed by atoms with Gasteiger partial charge in [-0.1, -0.05) is 40.6 Å². The minimum atomic E-state index is -0.236. The van der Waals surface area contributed by atoms with Crippen LogP contribution in [0.3, 0.4) is 0 Å². The van der Waals surface area contributed by atoms with E-state index in [4.69, 9.17) is 28.2 Å². The van der Waals surface area contributed by atoms with E-state index in [9.17, 15) is 4.79 Å². The molecule has 0 aliphatic carbocycles. The second kappa shape index (κ2) is 8.71. The Morgan fingerprint density at radius 2 is 2.03 bits per heavy atom. The molecule has 4 nitrogen and oxygen atoms in total. The number of halogens is 2. The van der Waals surface area contributed by atoms with Crippen LogP contribution in [0, 0.1) is 0 Å². The largest absolute Gasteiger partial charge is 0.279 e. The fourth-order valence-corrected chi connectivity index (χ4v) is 4.85. The number of carbonyl (C=O) groups is 1. The van der Waals surface area contributed by atoms with Gasteiger partial charge in [0.2, 0.25) is 0 Å². The first-order valence-electron chi connectivity index (χ1n) is 8.65. The quantitative estimate of drug-likeness (QED) is 0.316. The predicted molar refractivity (Wildman–Crippen MR) is 123 cm³/mol. The zero-order valence-corrected chi connectivity index (χ0v) is 18.4. The van der Waals surface area contributed by atoms with Gasteiger partial charge in [-0.05, 0) is 54.3 Å². The van der Waals surface area contributed by atoms with E-state index in [1.807, 2.05) is 30.5 Å². The van der Waals surface area contributed by atoms with Gasteiger partial charge in [0.05, 0.1) is 27.3 Å². The molecule has 0 aliphatic rings. The van der Waals surface area contributed by atoms with Gasteiger partial charge in [0.15, 0.2) is 5.13 Å². The number of amides is 1. The number of nitrogens with zero attached hydrogens (tertiary/aromatic N) is 3. The van der Waals surface area contributed by atoms with Gasteiger partial charge < -0.3 is 0 Å². The molecule has 0 aliphatic heterocycles. The number of thioether (sulfide) groups is 1. The molecule has 0 radical (unpaired) electrons. The third-order valence-electron chi connectivity index (χ3n) is 4.29. The van der Waals surface area contributed by atoms with Crippen LogP contribution in [0.15, 0.2) is 65.8 Å². The summed E-state index contributed by atoms with van der Waals surface area (Å²) in [5, 5.41) is 1.40. The number of fused-ring (bicyclic) bond motifs is 1. The van der Waals surface area contributed by atoms with E-state index in [1.54, 1.807) is 47.3 Å². The molecule has 0 fully saturated rings. The summed E-state index contributed by atoms with van der Waals surface area (Å²) < 4.78 is 1.03. The van der Waals surface area contributed by atoms with Crippen molar-refractivity contribution in [2.45, 2.75) is 11.4 Å². The maximum absolute atomic E-state index is 13.4. The van der Waals surface area contributed by atoms with Crippen LogP contribution in [0.5, 0.6) is 0 Å². The Morgan fingerprint density at radius 3 is 2.76 bits per heavy atom. The van der Waals surface area contributed by atoms with E-state index in [1.165, 1.54) is 11.3 Å². The molecular formula is C21H15Cl2N3OS2. The number of benzene rings is 2. The number of thiazole rings is 1. The first-order chi connectivity index (χ1) is 14.0. The van der Waals surface area contributed by atoms with Crippen LogP contribution in [0.25, 0.3) is 10.2 Å². The van der Waals surface area contributed by atoms with Crippen LogP contribution < -0.4 is 4.90 Å². The second-order valence-corrected chi connectivity index (χ2v) is 8.94. The van der Waals surface area contributed by atoms with Crippen LogP contribution in [0.1, 0.15) is 15.9 Å².